The van der Waals surface area contributed by atoms with Crippen LogP contribution < -0.4 is 15.0 Å². The van der Waals surface area contributed by atoms with E-state index in [1.165, 1.54) is 22.3 Å². The number of anilines is 1. The summed E-state index contributed by atoms with van der Waals surface area (Å²) >= 11 is 0. The maximum absolute atomic E-state index is 13.5. The minimum absolute atomic E-state index is 0.0985. The number of likely N-dealkylation sites (tertiary alicyclic amines) is 1. The van der Waals surface area contributed by atoms with Crippen LogP contribution in [0.5, 0.6) is 11.5 Å². The van der Waals surface area contributed by atoms with Crippen LogP contribution in [-0.2, 0) is 16.0 Å². The second-order valence-electron chi connectivity index (χ2n) is 17.6. The number of aryl methyl sites for hydroxylation is 1. The first kappa shape index (κ1) is 39.9. The molecule has 0 radical (unpaired) electrons. The summed E-state index contributed by atoms with van der Waals surface area (Å²) in [7, 11) is 0. The number of benzene rings is 4. The van der Waals surface area contributed by atoms with Gasteiger partial charge in [0, 0.05) is 56.3 Å². The molecule has 9 rings (SSSR count). The van der Waals surface area contributed by atoms with Crippen molar-refractivity contribution in [1.29, 1.82) is 0 Å². The maximum Gasteiger partial charge on any atom is 0.262 e. The maximum atomic E-state index is 13.5. The Morgan fingerprint density at radius 1 is 0.733 bits per heavy atom. The fourth-order valence-electron chi connectivity index (χ4n) is 10.8. The molecule has 0 bridgehead atoms. The topological polar surface area (TPSA) is 123 Å². The van der Waals surface area contributed by atoms with Gasteiger partial charge in [-0.3, -0.25) is 39.2 Å². The van der Waals surface area contributed by atoms with E-state index >= 15 is 0 Å². The first-order valence-electron chi connectivity index (χ1n) is 21.8. The van der Waals surface area contributed by atoms with E-state index in [9.17, 15) is 24.3 Å². The smallest absolute Gasteiger partial charge is 0.262 e. The monoisotopic (exact) mass is 809 g/mol. The van der Waals surface area contributed by atoms with Crippen LogP contribution in [-0.4, -0.2) is 107 Å². The number of imide groups is 2. The molecule has 11 nitrogen and oxygen atoms in total. The summed E-state index contributed by atoms with van der Waals surface area (Å²) in [5.41, 5.74) is 6.69. The largest absolute Gasteiger partial charge is 0.508 e. The van der Waals surface area contributed by atoms with Crippen molar-refractivity contribution < 1.29 is 29.0 Å². The van der Waals surface area contributed by atoms with E-state index < -0.39 is 23.8 Å². The molecular weight excluding hydrogens is 755 g/mol. The Bertz CT molecular complexity index is 2240. The number of ether oxygens (including phenoxy) is 1. The number of carbonyl (C=O) groups excluding carboxylic acids is 4. The molecule has 3 saturated heterocycles. The summed E-state index contributed by atoms with van der Waals surface area (Å²) in [4.78, 5) is 59.5. The first-order valence-corrected chi connectivity index (χ1v) is 21.8. The number of fused-ring (bicyclic) bond motifs is 2. The van der Waals surface area contributed by atoms with Crippen LogP contribution in [0.2, 0.25) is 0 Å². The Morgan fingerprint density at radius 2 is 1.47 bits per heavy atom. The molecule has 1 aliphatic carbocycles. The summed E-state index contributed by atoms with van der Waals surface area (Å²) in [5, 5.41) is 12.5. The lowest BCUT2D eigenvalue weighted by atomic mass is 9.69. The highest BCUT2D eigenvalue weighted by atomic mass is 16.5. The van der Waals surface area contributed by atoms with E-state index in [1.54, 1.807) is 6.07 Å². The number of nitrogens with zero attached hydrogens (tertiary/aromatic N) is 4. The van der Waals surface area contributed by atoms with Crippen molar-refractivity contribution in [3.63, 3.8) is 0 Å². The molecule has 4 heterocycles. The van der Waals surface area contributed by atoms with Crippen molar-refractivity contribution in [3.8, 4) is 11.5 Å². The highest BCUT2D eigenvalue weighted by Crippen LogP contribution is 2.47. The van der Waals surface area contributed by atoms with Gasteiger partial charge >= 0.3 is 0 Å². The Hall–Kier alpha value is -5.52. The SMILES string of the molecule is CC1CN(CC2CCN(CCOc3ccc([C@@H]4c5ccc(O)cc5CC[C@@H]4c4ccccc4)cc3)CC2)CC(C)N1c1ccc2c(c1)C(=O)N(C1CCC(=O)NC1=O)C2=O. The van der Waals surface area contributed by atoms with Crippen molar-refractivity contribution in [1.82, 2.24) is 20.0 Å². The van der Waals surface area contributed by atoms with E-state index in [4.69, 9.17) is 4.74 Å². The van der Waals surface area contributed by atoms with Gasteiger partial charge in [-0.05, 0) is 136 Å². The Balaban J connectivity index is 0.746. The number of carbonyl (C=O) groups is 4. The highest BCUT2D eigenvalue weighted by molar-refractivity contribution is 6.23. The zero-order valence-electron chi connectivity index (χ0n) is 34.6. The normalized spacial score (nSPS) is 25.3. The van der Waals surface area contributed by atoms with Gasteiger partial charge < -0.3 is 14.7 Å². The molecule has 60 heavy (non-hydrogen) atoms. The number of nitrogens with one attached hydrogen (secondary N) is 1. The number of piperazine rings is 1. The summed E-state index contributed by atoms with van der Waals surface area (Å²) in [6.45, 7) is 11.0. The Kier molecular flexibility index (Phi) is 11.2. The molecule has 3 fully saturated rings. The lowest BCUT2D eigenvalue weighted by Crippen LogP contribution is -2.58. The number of hydrogen-bond donors (Lipinski definition) is 2. The van der Waals surface area contributed by atoms with Gasteiger partial charge in [0.25, 0.3) is 11.8 Å². The minimum atomic E-state index is -0.970. The van der Waals surface area contributed by atoms with E-state index in [-0.39, 0.29) is 36.8 Å². The van der Waals surface area contributed by atoms with Crippen molar-refractivity contribution in [2.75, 3.05) is 50.8 Å². The zero-order chi connectivity index (χ0) is 41.5. The molecule has 11 heteroatoms. The zero-order valence-corrected chi connectivity index (χ0v) is 34.6. The molecule has 312 valence electrons. The third-order valence-corrected chi connectivity index (χ3v) is 13.7. The molecule has 5 aliphatic rings. The van der Waals surface area contributed by atoms with Crippen LogP contribution in [0.1, 0.15) is 101 Å². The van der Waals surface area contributed by atoms with Crippen LogP contribution in [0.3, 0.4) is 0 Å². The summed E-state index contributed by atoms with van der Waals surface area (Å²) in [6.07, 6.45) is 4.55. The molecule has 0 aromatic heterocycles. The Labute approximate surface area is 352 Å². The van der Waals surface area contributed by atoms with Crippen molar-refractivity contribution >= 4 is 29.3 Å². The van der Waals surface area contributed by atoms with Gasteiger partial charge in [0.15, 0.2) is 0 Å². The number of piperidine rings is 2. The van der Waals surface area contributed by atoms with Gasteiger partial charge in [0.05, 0.1) is 11.1 Å². The van der Waals surface area contributed by atoms with Crippen molar-refractivity contribution in [2.24, 2.45) is 5.92 Å². The van der Waals surface area contributed by atoms with Crippen LogP contribution >= 0.6 is 0 Å². The van der Waals surface area contributed by atoms with Gasteiger partial charge in [-0.1, -0.05) is 48.5 Å². The van der Waals surface area contributed by atoms with Crippen molar-refractivity contribution in [2.45, 2.75) is 82.3 Å². The van der Waals surface area contributed by atoms with E-state index in [0.717, 1.165) is 81.3 Å². The lowest BCUT2D eigenvalue weighted by Gasteiger charge is -2.47. The quantitative estimate of drug-likeness (QED) is 0.177. The van der Waals surface area contributed by atoms with E-state index in [0.29, 0.717) is 35.3 Å². The van der Waals surface area contributed by atoms with Crippen molar-refractivity contribution in [3.05, 3.63) is 124 Å². The van der Waals surface area contributed by atoms with Gasteiger partial charge in [-0.15, -0.1) is 0 Å². The average Bonchev–Trinajstić information content (AvgIpc) is 3.49. The number of phenols is 1. The molecule has 3 unspecified atom stereocenters. The third-order valence-electron chi connectivity index (χ3n) is 13.7. The molecule has 0 spiro atoms. The fourth-order valence-corrected chi connectivity index (χ4v) is 10.8. The minimum Gasteiger partial charge on any atom is -0.508 e. The molecule has 4 aromatic carbocycles. The molecular formula is C49H55N5O6. The number of phenolic OH excluding ortho intramolecular Hbond substituents is 1. The summed E-state index contributed by atoms with van der Waals surface area (Å²) in [5.74, 6) is 0.513. The van der Waals surface area contributed by atoms with Gasteiger partial charge in [0.2, 0.25) is 11.8 Å². The van der Waals surface area contributed by atoms with E-state index in [2.05, 4.69) is 94.5 Å². The Morgan fingerprint density at radius 3 is 2.20 bits per heavy atom. The van der Waals surface area contributed by atoms with Crippen LogP contribution in [0, 0.1) is 5.92 Å². The lowest BCUT2D eigenvalue weighted by molar-refractivity contribution is -0.136. The van der Waals surface area contributed by atoms with Gasteiger partial charge in [0.1, 0.15) is 24.1 Å². The fraction of sp³-hybridized carbons (Fsp3) is 0.429. The van der Waals surface area contributed by atoms with Crippen LogP contribution in [0.25, 0.3) is 0 Å². The predicted molar refractivity (Wildman–Crippen MR) is 230 cm³/mol. The predicted octanol–water partition coefficient (Wildman–Crippen LogP) is 6.35. The standard InChI is InChI=1S/C49H55N5O6/c1-31-28-52(29-32(2)53(31)37-11-16-42-43(27-37)49(59)54(48(42)58)44-18-19-45(56)50-47(44)57)30-33-20-22-51(23-21-33)24-25-60-39-13-8-35(9-14-39)46-40(34-6-4-3-5-7-34)15-10-36-26-38(55)12-17-41(36)46/h3-9,11-14,16-17,26-27,31-33,40,44,46,55H,10,15,18-25,28-30H2,1-2H3,(H,50,56,57)/t31?,32?,40-,44?,46+/m1/s1. The van der Waals surface area contributed by atoms with Gasteiger partial charge in [-0.25, -0.2) is 0 Å². The van der Waals surface area contributed by atoms with Crippen LogP contribution in [0.4, 0.5) is 5.69 Å². The first-order chi connectivity index (χ1) is 29.1. The molecule has 4 aliphatic heterocycles. The summed E-state index contributed by atoms with van der Waals surface area (Å²) < 4.78 is 6.29. The molecule has 2 N–H and O–H groups in total. The molecule has 0 saturated carbocycles. The second-order valence-corrected chi connectivity index (χ2v) is 17.6. The molecule has 5 atom stereocenters. The molecule has 4 aromatic rings. The number of rotatable bonds is 10. The average molecular weight is 810 g/mol. The summed E-state index contributed by atoms with van der Waals surface area (Å²) in [6, 6.07) is 30.2. The third kappa shape index (κ3) is 7.92. The van der Waals surface area contributed by atoms with Crippen LogP contribution in [0.15, 0.2) is 91.0 Å². The molecule has 4 amide bonds. The van der Waals surface area contributed by atoms with E-state index in [1.807, 2.05) is 24.3 Å². The number of hydrogen-bond acceptors (Lipinski definition) is 9. The number of amides is 4. The highest BCUT2D eigenvalue weighted by Gasteiger charge is 2.45. The van der Waals surface area contributed by atoms with Gasteiger partial charge in [-0.2, -0.15) is 0 Å². The second kappa shape index (κ2) is 16.9. The number of aromatic hydroxyl groups is 1.